The van der Waals surface area contributed by atoms with Crippen LogP contribution in [-0.4, -0.2) is 6.61 Å². The molecule has 1 aliphatic heterocycles. The van der Waals surface area contributed by atoms with Crippen molar-refractivity contribution in [2.24, 2.45) is 0 Å². The second-order valence-electron chi connectivity index (χ2n) is 5.31. The SMILES string of the molecule is CCCC(C)(C)c1cccc2c1OCC2(F)F. The number of rotatable bonds is 3. The van der Waals surface area contributed by atoms with E-state index in [1.165, 1.54) is 6.07 Å². The molecule has 0 N–H and O–H groups in total. The Hall–Kier alpha value is -1.12. The molecule has 0 bridgehead atoms. The summed E-state index contributed by atoms with van der Waals surface area (Å²) >= 11 is 0. The van der Waals surface area contributed by atoms with E-state index in [2.05, 4.69) is 20.8 Å². The van der Waals surface area contributed by atoms with Crippen molar-refractivity contribution in [1.29, 1.82) is 0 Å². The maximum atomic E-state index is 13.6. The number of hydrogen-bond acceptors (Lipinski definition) is 1. The zero-order chi connectivity index (χ0) is 12.7. The minimum atomic E-state index is -2.84. The predicted octanol–water partition coefficient (Wildman–Crippen LogP) is 4.25. The highest BCUT2D eigenvalue weighted by atomic mass is 19.3. The molecule has 1 nitrogen and oxygen atoms in total. The Morgan fingerprint density at radius 3 is 2.71 bits per heavy atom. The second-order valence-corrected chi connectivity index (χ2v) is 5.31. The van der Waals surface area contributed by atoms with Crippen LogP contribution in [0.2, 0.25) is 0 Å². The number of para-hydroxylation sites is 1. The summed E-state index contributed by atoms with van der Waals surface area (Å²) in [5.74, 6) is -2.44. The number of halogens is 2. The maximum absolute atomic E-state index is 13.6. The van der Waals surface area contributed by atoms with Crippen LogP contribution >= 0.6 is 0 Å². The van der Waals surface area contributed by atoms with Gasteiger partial charge >= 0.3 is 5.92 Å². The number of benzene rings is 1. The smallest absolute Gasteiger partial charge is 0.310 e. The van der Waals surface area contributed by atoms with E-state index in [1.54, 1.807) is 6.07 Å². The van der Waals surface area contributed by atoms with E-state index in [0.717, 1.165) is 18.4 Å². The first kappa shape index (κ1) is 12.3. The first-order chi connectivity index (χ1) is 7.88. The van der Waals surface area contributed by atoms with Crippen LogP contribution in [0.1, 0.15) is 44.7 Å². The molecule has 0 spiro atoms. The molecular weight excluding hydrogens is 222 g/mol. The van der Waals surface area contributed by atoms with Gasteiger partial charge in [0.2, 0.25) is 0 Å². The van der Waals surface area contributed by atoms with Crippen molar-refractivity contribution in [3.63, 3.8) is 0 Å². The Labute approximate surface area is 101 Å². The molecule has 1 heterocycles. The molecule has 0 aromatic heterocycles. The fraction of sp³-hybridized carbons (Fsp3) is 0.571. The van der Waals surface area contributed by atoms with Crippen molar-refractivity contribution in [2.45, 2.75) is 45.0 Å². The number of ether oxygens (including phenoxy) is 1. The van der Waals surface area contributed by atoms with Crippen LogP contribution in [0.3, 0.4) is 0 Å². The molecule has 0 fully saturated rings. The van der Waals surface area contributed by atoms with Gasteiger partial charge in [-0.25, -0.2) is 0 Å². The molecule has 0 amide bonds. The highest BCUT2D eigenvalue weighted by molar-refractivity contribution is 5.49. The van der Waals surface area contributed by atoms with Gasteiger partial charge in [0.05, 0.1) is 5.56 Å². The molecule has 0 unspecified atom stereocenters. The fourth-order valence-electron chi connectivity index (χ4n) is 2.51. The van der Waals surface area contributed by atoms with Crippen molar-refractivity contribution < 1.29 is 13.5 Å². The average molecular weight is 240 g/mol. The van der Waals surface area contributed by atoms with Gasteiger partial charge in [0.15, 0.2) is 6.61 Å². The van der Waals surface area contributed by atoms with Gasteiger partial charge in [0.1, 0.15) is 5.75 Å². The predicted molar refractivity (Wildman–Crippen MR) is 63.8 cm³/mol. The summed E-state index contributed by atoms with van der Waals surface area (Å²) in [6, 6.07) is 5.07. The van der Waals surface area contributed by atoms with E-state index in [0.29, 0.717) is 5.75 Å². The highest BCUT2D eigenvalue weighted by Gasteiger charge is 2.43. The third kappa shape index (κ3) is 2.03. The molecule has 0 aliphatic carbocycles. The minimum absolute atomic E-state index is 0.0409. The van der Waals surface area contributed by atoms with Gasteiger partial charge in [-0.05, 0) is 17.9 Å². The van der Waals surface area contributed by atoms with Gasteiger partial charge in [0, 0.05) is 5.56 Å². The molecule has 1 aromatic rings. The Morgan fingerprint density at radius 1 is 1.35 bits per heavy atom. The third-order valence-electron chi connectivity index (χ3n) is 3.41. The lowest BCUT2D eigenvalue weighted by Gasteiger charge is -2.26. The number of alkyl halides is 2. The Balaban J connectivity index is 2.49. The summed E-state index contributed by atoms with van der Waals surface area (Å²) in [6.07, 6.45) is 1.98. The summed E-state index contributed by atoms with van der Waals surface area (Å²) < 4.78 is 32.4. The van der Waals surface area contributed by atoms with Crippen molar-refractivity contribution in [3.8, 4) is 5.75 Å². The van der Waals surface area contributed by atoms with Gasteiger partial charge in [-0.15, -0.1) is 0 Å². The molecule has 17 heavy (non-hydrogen) atoms. The molecule has 0 radical (unpaired) electrons. The average Bonchev–Trinajstić information content (AvgIpc) is 2.55. The summed E-state index contributed by atoms with van der Waals surface area (Å²) in [5.41, 5.74) is 0.814. The Bertz CT molecular complexity index is 424. The highest BCUT2D eigenvalue weighted by Crippen LogP contribution is 2.47. The first-order valence-corrected chi connectivity index (χ1v) is 6.03. The van der Waals surface area contributed by atoms with E-state index in [-0.39, 0.29) is 11.0 Å². The van der Waals surface area contributed by atoms with Crippen molar-refractivity contribution in [2.75, 3.05) is 6.61 Å². The lowest BCUT2D eigenvalue weighted by molar-refractivity contribution is -0.0214. The number of hydrogen-bond donors (Lipinski definition) is 0. The molecule has 1 aromatic carbocycles. The molecule has 94 valence electrons. The van der Waals surface area contributed by atoms with Crippen LogP contribution in [0.25, 0.3) is 0 Å². The van der Waals surface area contributed by atoms with Crippen LogP contribution in [-0.2, 0) is 11.3 Å². The third-order valence-corrected chi connectivity index (χ3v) is 3.41. The molecule has 3 heteroatoms. The lowest BCUT2D eigenvalue weighted by Crippen LogP contribution is -2.17. The summed E-state index contributed by atoms with van der Waals surface area (Å²) in [5, 5.41) is 0. The lowest BCUT2D eigenvalue weighted by atomic mass is 9.79. The zero-order valence-corrected chi connectivity index (χ0v) is 10.5. The monoisotopic (exact) mass is 240 g/mol. The fourth-order valence-corrected chi connectivity index (χ4v) is 2.51. The van der Waals surface area contributed by atoms with Crippen LogP contribution in [0.5, 0.6) is 5.75 Å². The maximum Gasteiger partial charge on any atom is 0.310 e. The molecule has 0 saturated heterocycles. The minimum Gasteiger partial charge on any atom is -0.486 e. The Morgan fingerprint density at radius 2 is 2.06 bits per heavy atom. The van der Waals surface area contributed by atoms with E-state index < -0.39 is 12.5 Å². The quantitative estimate of drug-likeness (QED) is 0.767. The van der Waals surface area contributed by atoms with Crippen LogP contribution < -0.4 is 4.74 Å². The molecule has 0 atom stereocenters. The molecular formula is C14H18F2O. The van der Waals surface area contributed by atoms with Gasteiger partial charge in [-0.1, -0.05) is 39.3 Å². The summed E-state index contributed by atoms with van der Waals surface area (Å²) in [6.45, 7) is 5.72. The number of fused-ring (bicyclic) bond motifs is 1. The van der Waals surface area contributed by atoms with Crippen molar-refractivity contribution in [3.05, 3.63) is 29.3 Å². The Kier molecular flexibility index (Phi) is 2.88. The van der Waals surface area contributed by atoms with Crippen LogP contribution in [0, 0.1) is 0 Å². The molecule has 2 rings (SSSR count). The van der Waals surface area contributed by atoms with E-state index in [9.17, 15) is 8.78 Å². The van der Waals surface area contributed by atoms with E-state index >= 15 is 0 Å². The van der Waals surface area contributed by atoms with Gasteiger partial charge < -0.3 is 4.74 Å². The standard InChI is InChI=1S/C14H18F2O/c1-4-8-13(2,3)10-6-5-7-11-12(10)17-9-14(11,15)16/h5-7H,4,8-9H2,1-3H3. The van der Waals surface area contributed by atoms with Crippen LogP contribution in [0.4, 0.5) is 8.78 Å². The summed E-state index contributed by atoms with van der Waals surface area (Å²) in [7, 11) is 0. The largest absolute Gasteiger partial charge is 0.486 e. The molecule has 1 aliphatic rings. The van der Waals surface area contributed by atoms with Crippen molar-refractivity contribution >= 4 is 0 Å². The van der Waals surface area contributed by atoms with E-state index in [4.69, 9.17) is 4.74 Å². The van der Waals surface area contributed by atoms with Crippen molar-refractivity contribution in [1.82, 2.24) is 0 Å². The first-order valence-electron chi connectivity index (χ1n) is 6.03. The topological polar surface area (TPSA) is 9.23 Å². The molecule has 0 saturated carbocycles. The summed E-state index contributed by atoms with van der Waals surface area (Å²) in [4.78, 5) is 0. The van der Waals surface area contributed by atoms with Gasteiger partial charge in [-0.2, -0.15) is 8.78 Å². The van der Waals surface area contributed by atoms with Gasteiger partial charge in [-0.3, -0.25) is 0 Å². The second kappa shape index (κ2) is 3.97. The normalized spacial score (nSPS) is 17.7. The van der Waals surface area contributed by atoms with Gasteiger partial charge in [0.25, 0.3) is 0 Å². The van der Waals surface area contributed by atoms with E-state index in [1.807, 2.05) is 6.07 Å². The zero-order valence-electron chi connectivity index (χ0n) is 10.5. The van der Waals surface area contributed by atoms with Crippen LogP contribution in [0.15, 0.2) is 18.2 Å².